The van der Waals surface area contributed by atoms with Gasteiger partial charge in [-0.1, -0.05) is 0 Å². The first-order chi connectivity index (χ1) is 10.3. The summed E-state index contributed by atoms with van der Waals surface area (Å²) >= 11 is 0. The summed E-state index contributed by atoms with van der Waals surface area (Å²) in [7, 11) is -6.95. The zero-order valence-corrected chi connectivity index (χ0v) is 13.8. The molecule has 1 aliphatic rings. The van der Waals surface area contributed by atoms with E-state index in [0.29, 0.717) is 5.56 Å². The molecule has 0 saturated carbocycles. The van der Waals surface area contributed by atoms with Crippen LogP contribution in [0, 0.1) is 11.3 Å². The first kappa shape index (κ1) is 16.9. The van der Waals surface area contributed by atoms with E-state index in [9.17, 15) is 16.8 Å². The van der Waals surface area contributed by atoms with Crippen molar-refractivity contribution in [1.29, 1.82) is 5.26 Å². The van der Waals surface area contributed by atoms with Gasteiger partial charge in [0.25, 0.3) is 0 Å². The van der Waals surface area contributed by atoms with Crippen LogP contribution in [0.25, 0.3) is 0 Å². The highest BCUT2D eigenvalue weighted by Gasteiger charge is 2.32. The topological polar surface area (TPSA) is 98.6 Å². The molecule has 0 unspecified atom stereocenters. The predicted octanol–water partition coefficient (Wildman–Crippen LogP) is 0.214. The second kappa shape index (κ2) is 6.34. The van der Waals surface area contributed by atoms with Gasteiger partial charge in [-0.25, -0.2) is 16.8 Å². The third-order valence-electron chi connectivity index (χ3n) is 3.58. The minimum atomic E-state index is -3.66. The van der Waals surface area contributed by atoms with Crippen molar-refractivity contribution in [2.24, 2.45) is 0 Å². The SMILES string of the molecule is CCS(=O)(=O)N1CCN(S(=O)(=O)c2ccc(C#N)cc2)CC1. The molecule has 7 nitrogen and oxygen atoms in total. The van der Waals surface area contributed by atoms with Gasteiger partial charge in [-0.2, -0.15) is 13.9 Å². The summed E-state index contributed by atoms with van der Waals surface area (Å²) in [5.41, 5.74) is 0.387. The van der Waals surface area contributed by atoms with Crippen LogP contribution >= 0.6 is 0 Å². The minimum Gasteiger partial charge on any atom is -0.212 e. The number of hydrogen-bond donors (Lipinski definition) is 0. The lowest BCUT2D eigenvalue weighted by Gasteiger charge is -2.33. The van der Waals surface area contributed by atoms with Crippen molar-refractivity contribution in [3.8, 4) is 6.07 Å². The fourth-order valence-electron chi connectivity index (χ4n) is 2.22. The third kappa shape index (κ3) is 3.30. The molecule has 9 heteroatoms. The van der Waals surface area contributed by atoms with Crippen LogP contribution in [0.2, 0.25) is 0 Å². The van der Waals surface area contributed by atoms with Crippen molar-refractivity contribution in [3.63, 3.8) is 0 Å². The number of sulfonamides is 2. The molecular weight excluding hydrogens is 326 g/mol. The van der Waals surface area contributed by atoms with Gasteiger partial charge in [0.1, 0.15) is 0 Å². The summed E-state index contributed by atoms with van der Waals surface area (Å²) in [5.74, 6) is 0.00930. The molecule has 22 heavy (non-hydrogen) atoms. The van der Waals surface area contributed by atoms with E-state index in [2.05, 4.69) is 0 Å². The summed E-state index contributed by atoms with van der Waals surface area (Å²) in [6.07, 6.45) is 0. The summed E-state index contributed by atoms with van der Waals surface area (Å²) < 4.78 is 51.1. The summed E-state index contributed by atoms with van der Waals surface area (Å²) in [5, 5.41) is 8.74. The number of nitrogens with zero attached hydrogens (tertiary/aromatic N) is 3. The van der Waals surface area contributed by atoms with Gasteiger partial charge in [0, 0.05) is 26.2 Å². The van der Waals surface area contributed by atoms with Crippen LogP contribution in [0.15, 0.2) is 29.2 Å². The van der Waals surface area contributed by atoms with Gasteiger partial charge in [0.2, 0.25) is 20.0 Å². The van der Waals surface area contributed by atoms with Gasteiger partial charge in [0.15, 0.2) is 0 Å². The van der Waals surface area contributed by atoms with Crippen molar-refractivity contribution in [3.05, 3.63) is 29.8 Å². The molecule has 120 valence electrons. The molecule has 1 aromatic carbocycles. The van der Waals surface area contributed by atoms with Crippen LogP contribution in [0.5, 0.6) is 0 Å². The van der Waals surface area contributed by atoms with Crippen LogP contribution in [-0.2, 0) is 20.0 Å². The molecule has 0 aliphatic carbocycles. The van der Waals surface area contributed by atoms with Gasteiger partial charge >= 0.3 is 0 Å². The second-order valence-electron chi connectivity index (χ2n) is 4.84. The Morgan fingerprint density at radius 2 is 1.50 bits per heavy atom. The molecule has 0 atom stereocenters. The van der Waals surface area contributed by atoms with Crippen molar-refractivity contribution >= 4 is 20.0 Å². The lowest BCUT2D eigenvalue weighted by atomic mass is 10.2. The Morgan fingerprint density at radius 3 is 1.95 bits per heavy atom. The van der Waals surface area contributed by atoms with Crippen molar-refractivity contribution in [2.45, 2.75) is 11.8 Å². The monoisotopic (exact) mass is 343 g/mol. The molecule has 0 spiro atoms. The van der Waals surface area contributed by atoms with Crippen LogP contribution in [0.1, 0.15) is 12.5 Å². The van der Waals surface area contributed by atoms with Gasteiger partial charge in [0.05, 0.1) is 22.3 Å². The van der Waals surface area contributed by atoms with Crippen LogP contribution in [-0.4, -0.2) is 57.4 Å². The molecule has 0 bridgehead atoms. The Bertz CT molecular complexity index is 772. The van der Waals surface area contributed by atoms with E-state index in [1.807, 2.05) is 6.07 Å². The molecule has 1 aromatic rings. The number of benzene rings is 1. The van der Waals surface area contributed by atoms with Crippen molar-refractivity contribution in [2.75, 3.05) is 31.9 Å². The maximum Gasteiger partial charge on any atom is 0.243 e. The fourth-order valence-corrected chi connectivity index (χ4v) is 4.73. The second-order valence-corrected chi connectivity index (χ2v) is 9.04. The van der Waals surface area contributed by atoms with Crippen LogP contribution in [0.3, 0.4) is 0 Å². The predicted molar refractivity (Wildman–Crippen MR) is 80.9 cm³/mol. The highest BCUT2D eigenvalue weighted by molar-refractivity contribution is 7.89. The maximum atomic E-state index is 12.5. The first-order valence-electron chi connectivity index (χ1n) is 6.79. The highest BCUT2D eigenvalue weighted by atomic mass is 32.2. The minimum absolute atomic E-state index is 0.00930. The fraction of sp³-hybridized carbons (Fsp3) is 0.462. The maximum absolute atomic E-state index is 12.5. The smallest absolute Gasteiger partial charge is 0.212 e. The summed E-state index contributed by atoms with van der Waals surface area (Å²) in [6.45, 7) is 2.13. The number of piperazine rings is 1. The standard InChI is InChI=1S/C13H17N3O4S2/c1-2-21(17,18)15-7-9-16(10-8-15)22(19,20)13-5-3-12(11-14)4-6-13/h3-6H,2,7-10H2,1H3. The average molecular weight is 343 g/mol. The largest absolute Gasteiger partial charge is 0.243 e. The van der Waals surface area contributed by atoms with Gasteiger partial charge in [-0.3, -0.25) is 0 Å². The Balaban J connectivity index is 2.14. The van der Waals surface area contributed by atoms with E-state index in [4.69, 9.17) is 5.26 Å². The third-order valence-corrected chi connectivity index (χ3v) is 7.37. The van der Waals surface area contributed by atoms with E-state index < -0.39 is 20.0 Å². The van der Waals surface area contributed by atoms with Crippen molar-refractivity contribution in [1.82, 2.24) is 8.61 Å². The van der Waals surface area contributed by atoms with E-state index >= 15 is 0 Å². The Hall–Kier alpha value is -1.47. The molecule has 0 aromatic heterocycles. The molecule has 0 N–H and O–H groups in total. The van der Waals surface area contributed by atoms with Gasteiger partial charge in [-0.15, -0.1) is 0 Å². The first-order valence-corrected chi connectivity index (χ1v) is 9.84. The number of hydrogen-bond acceptors (Lipinski definition) is 5. The van der Waals surface area contributed by atoms with Gasteiger partial charge < -0.3 is 0 Å². The van der Waals surface area contributed by atoms with E-state index in [-0.39, 0.29) is 36.8 Å². The van der Waals surface area contributed by atoms with Crippen molar-refractivity contribution < 1.29 is 16.8 Å². The zero-order valence-electron chi connectivity index (χ0n) is 12.1. The lowest BCUT2D eigenvalue weighted by molar-refractivity contribution is 0.273. The molecule has 0 radical (unpaired) electrons. The quantitative estimate of drug-likeness (QED) is 0.778. The molecule has 1 heterocycles. The van der Waals surface area contributed by atoms with E-state index in [0.717, 1.165) is 0 Å². The summed E-state index contributed by atoms with van der Waals surface area (Å²) in [6, 6.07) is 7.61. The average Bonchev–Trinajstić information content (AvgIpc) is 2.55. The van der Waals surface area contributed by atoms with E-state index in [1.54, 1.807) is 6.92 Å². The molecule has 1 saturated heterocycles. The Labute approximate surface area is 130 Å². The Kier molecular flexibility index (Phi) is 4.87. The molecular formula is C13H17N3O4S2. The van der Waals surface area contributed by atoms with Crippen LogP contribution in [0.4, 0.5) is 0 Å². The normalized spacial score (nSPS) is 18.0. The number of nitriles is 1. The molecule has 1 aliphatic heterocycles. The molecule has 2 rings (SSSR count). The van der Waals surface area contributed by atoms with E-state index in [1.165, 1.54) is 32.9 Å². The Morgan fingerprint density at radius 1 is 1.00 bits per heavy atom. The summed E-state index contributed by atoms with van der Waals surface area (Å²) in [4.78, 5) is 0.110. The van der Waals surface area contributed by atoms with Crippen LogP contribution < -0.4 is 0 Å². The zero-order chi connectivity index (χ0) is 16.4. The number of rotatable bonds is 4. The highest BCUT2D eigenvalue weighted by Crippen LogP contribution is 2.19. The molecule has 0 amide bonds. The lowest BCUT2D eigenvalue weighted by Crippen LogP contribution is -2.50. The van der Waals surface area contributed by atoms with Gasteiger partial charge in [-0.05, 0) is 31.2 Å². The molecule has 1 fully saturated rings.